The van der Waals surface area contributed by atoms with Crippen molar-refractivity contribution in [2.75, 3.05) is 13.7 Å². The second-order valence-corrected chi connectivity index (χ2v) is 12.4. The highest BCUT2D eigenvalue weighted by molar-refractivity contribution is 6.37. The zero-order chi connectivity index (χ0) is 31.5. The zero-order valence-corrected chi connectivity index (χ0v) is 25.2. The Morgan fingerprint density at radius 1 is 1.02 bits per heavy atom. The van der Waals surface area contributed by atoms with Gasteiger partial charge in [0.15, 0.2) is 0 Å². The van der Waals surface area contributed by atoms with Crippen LogP contribution in [0.4, 0.5) is 4.79 Å². The Kier molecular flexibility index (Phi) is 9.76. The number of Topliss-reactive ketones (excluding diaryl/α,β-unsaturated/α-hetero) is 1. The highest BCUT2D eigenvalue weighted by Crippen LogP contribution is 2.65. The van der Waals surface area contributed by atoms with Crippen molar-refractivity contribution in [1.82, 2.24) is 15.5 Å². The number of nitrogens with two attached hydrogens (primary N) is 1. The number of benzene rings is 1. The Morgan fingerprint density at radius 2 is 1.67 bits per heavy atom. The largest absolute Gasteiger partial charge is 0.465 e. The van der Waals surface area contributed by atoms with Gasteiger partial charge in [-0.3, -0.25) is 19.2 Å². The number of methoxy groups -OCH3 is 1. The van der Waals surface area contributed by atoms with E-state index < -0.39 is 47.8 Å². The predicted octanol–water partition coefficient (Wildman–Crippen LogP) is 2.33. The first-order valence-corrected chi connectivity index (χ1v) is 15.0. The van der Waals surface area contributed by atoms with E-state index in [0.717, 1.165) is 32.1 Å². The molecule has 0 aromatic heterocycles. The molecular formula is C31H42N4O8. The number of esters is 1. The van der Waals surface area contributed by atoms with E-state index in [1.807, 2.05) is 20.8 Å². The van der Waals surface area contributed by atoms with Gasteiger partial charge in [0.2, 0.25) is 17.6 Å². The van der Waals surface area contributed by atoms with Crippen molar-refractivity contribution in [2.45, 2.75) is 83.8 Å². The van der Waals surface area contributed by atoms with Crippen molar-refractivity contribution in [3.8, 4) is 5.75 Å². The molecule has 1 aromatic rings. The van der Waals surface area contributed by atoms with Crippen LogP contribution < -0.4 is 21.1 Å². The number of hydrogen-bond acceptors (Lipinski definition) is 8. The first-order valence-electron chi connectivity index (χ1n) is 15.0. The minimum atomic E-state index is -1.12. The number of ether oxygens (including phenoxy) is 2. The van der Waals surface area contributed by atoms with E-state index in [9.17, 15) is 28.8 Å². The summed E-state index contributed by atoms with van der Waals surface area (Å²) >= 11 is 0. The van der Waals surface area contributed by atoms with Gasteiger partial charge < -0.3 is 30.7 Å². The summed E-state index contributed by atoms with van der Waals surface area (Å²) < 4.78 is 10.1. The Hall–Kier alpha value is -3.96. The predicted molar refractivity (Wildman–Crippen MR) is 155 cm³/mol. The van der Waals surface area contributed by atoms with Crippen LogP contribution in [0.15, 0.2) is 24.3 Å². The van der Waals surface area contributed by atoms with Crippen molar-refractivity contribution in [1.29, 1.82) is 0 Å². The number of carbonyl (C=O) groups excluding carboxylic acids is 6. The first kappa shape index (κ1) is 32.0. The van der Waals surface area contributed by atoms with Gasteiger partial charge in [-0.2, -0.15) is 0 Å². The Balaban J connectivity index is 1.54. The van der Waals surface area contributed by atoms with Gasteiger partial charge in [-0.15, -0.1) is 0 Å². The topological polar surface area (TPSA) is 174 Å². The zero-order valence-electron chi connectivity index (χ0n) is 25.2. The molecule has 2 saturated carbocycles. The lowest BCUT2D eigenvalue weighted by molar-refractivity contribution is -0.144. The maximum absolute atomic E-state index is 14.2. The number of ketones is 1. The smallest absolute Gasteiger partial charge is 0.413 e. The van der Waals surface area contributed by atoms with Gasteiger partial charge >= 0.3 is 12.1 Å². The Morgan fingerprint density at radius 3 is 2.26 bits per heavy atom. The van der Waals surface area contributed by atoms with Crippen LogP contribution in [0.2, 0.25) is 0 Å². The Bertz CT molecular complexity index is 1260. The number of likely N-dealkylation sites (tertiary alicyclic amines) is 1. The molecule has 4 N–H and O–H groups in total. The lowest BCUT2D eigenvalue weighted by atomic mass is 9.83. The highest BCUT2D eigenvalue weighted by atomic mass is 16.6. The quantitative estimate of drug-likeness (QED) is 0.257. The molecule has 2 aliphatic carbocycles. The molecule has 12 heteroatoms. The highest BCUT2D eigenvalue weighted by Gasteiger charge is 2.69. The normalized spacial score (nSPS) is 23.7. The summed E-state index contributed by atoms with van der Waals surface area (Å²) in [7, 11) is 1.27. The molecule has 3 unspecified atom stereocenters. The van der Waals surface area contributed by atoms with Gasteiger partial charge in [0, 0.05) is 6.54 Å². The molecule has 4 rings (SSSR count). The van der Waals surface area contributed by atoms with Gasteiger partial charge in [0.1, 0.15) is 17.8 Å². The van der Waals surface area contributed by atoms with Crippen LogP contribution in [-0.4, -0.2) is 72.2 Å². The number of hydrogen-bond donors (Lipinski definition) is 3. The third-order valence-corrected chi connectivity index (χ3v) is 9.36. The van der Waals surface area contributed by atoms with E-state index >= 15 is 0 Å². The average molecular weight is 599 g/mol. The molecule has 3 aliphatic rings. The molecule has 234 valence electrons. The summed E-state index contributed by atoms with van der Waals surface area (Å²) in [5.41, 5.74) is 5.34. The molecule has 1 saturated heterocycles. The number of carbonyl (C=O) groups is 6. The molecule has 1 heterocycles. The SMILES string of the molecule is CCCC(NC(=O)[C@@H]1C2C(CN1C(=O)[C@@H](NC(=O)Oc1ccc(C(=O)OC)cc1)C1CCCCC1)C2(C)C)C(=O)C(N)=O. The van der Waals surface area contributed by atoms with Crippen LogP contribution in [0, 0.1) is 23.2 Å². The molecular weight excluding hydrogens is 556 g/mol. The molecule has 3 fully saturated rings. The summed E-state index contributed by atoms with van der Waals surface area (Å²) in [6.07, 6.45) is 4.29. The van der Waals surface area contributed by atoms with E-state index in [1.54, 1.807) is 0 Å². The fraction of sp³-hybridized carbons (Fsp3) is 0.613. The van der Waals surface area contributed by atoms with Crippen molar-refractivity contribution in [3.05, 3.63) is 29.8 Å². The van der Waals surface area contributed by atoms with Crippen LogP contribution in [0.3, 0.4) is 0 Å². The number of piperidine rings is 1. The number of amides is 4. The molecule has 4 amide bonds. The maximum atomic E-state index is 14.2. The van der Waals surface area contributed by atoms with Crippen LogP contribution in [0.25, 0.3) is 0 Å². The van der Waals surface area contributed by atoms with Gasteiger partial charge in [-0.05, 0) is 66.7 Å². The second-order valence-electron chi connectivity index (χ2n) is 12.4. The fourth-order valence-electron chi connectivity index (χ4n) is 6.87. The molecule has 12 nitrogen and oxygen atoms in total. The number of nitrogens with one attached hydrogen (secondary N) is 2. The summed E-state index contributed by atoms with van der Waals surface area (Å²) in [6, 6.07) is 3.00. The van der Waals surface area contributed by atoms with E-state index in [4.69, 9.17) is 10.5 Å². The molecule has 0 spiro atoms. The number of nitrogens with zero attached hydrogens (tertiary/aromatic N) is 1. The Labute approximate surface area is 251 Å². The number of fused-ring (bicyclic) bond motifs is 1. The molecule has 43 heavy (non-hydrogen) atoms. The summed E-state index contributed by atoms with van der Waals surface area (Å²) in [5, 5.41) is 5.47. The van der Waals surface area contributed by atoms with Crippen molar-refractivity contribution < 1.29 is 38.2 Å². The van der Waals surface area contributed by atoms with E-state index in [2.05, 4.69) is 15.4 Å². The third-order valence-electron chi connectivity index (χ3n) is 9.36. The molecule has 5 atom stereocenters. The summed E-state index contributed by atoms with van der Waals surface area (Å²) in [6.45, 7) is 6.25. The van der Waals surface area contributed by atoms with Gasteiger partial charge in [0.05, 0.1) is 18.7 Å². The van der Waals surface area contributed by atoms with Crippen LogP contribution in [0.5, 0.6) is 5.75 Å². The lowest BCUT2D eigenvalue weighted by Gasteiger charge is -2.37. The van der Waals surface area contributed by atoms with Gasteiger partial charge in [-0.1, -0.05) is 46.5 Å². The van der Waals surface area contributed by atoms with Gasteiger partial charge in [-0.25, -0.2) is 9.59 Å². The number of rotatable bonds is 11. The fourth-order valence-corrected chi connectivity index (χ4v) is 6.87. The summed E-state index contributed by atoms with van der Waals surface area (Å²) in [4.78, 5) is 78.2. The third kappa shape index (κ3) is 6.83. The van der Waals surface area contributed by atoms with Crippen LogP contribution >= 0.6 is 0 Å². The number of primary amides is 1. The van der Waals surface area contributed by atoms with E-state index in [1.165, 1.54) is 36.3 Å². The molecule has 1 aliphatic heterocycles. The lowest BCUT2D eigenvalue weighted by Crippen LogP contribution is -2.59. The van der Waals surface area contributed by atoms with Crippen LogP contribution in [0.1, 0.15) is 76.1 Å². The molecule has 1 aromatic carbocycles. The van der Waals surface area contributed by atoms with E-state index in [-0.39, 0.29) is 41.2 Å². The molecule has 0 radical (unpaired) electrons. The van der Waals surface area contributed by atoms with Crippen molar-refractivity contribution in [3.63, 3.8) is 0 Å². The molecule has 0 bridgehead atoms. The standard InChI is InChI=1S/C31H42N4O8/c1-5-9-21(25(36)26(32)37)33-27(38)24-22-20(31(22,2)3)16-35(24)28(39)23(17-10-7-6-8-11-17)34-30(41)43-19-14-12-18(13-15-19)29(40)42-4/h12-15,17,20-24H,5-11,16H2,1-4H3,(H2,32,37)(H,33,38)(H,34,41)/t20?,21?,22?,23-,24-/m0/s1. The van der Waals surface area contributed by atoms with Crippen molar-refractivity contribution >= 4 is 35.6 Å². The monoisotopic (exact) mass is 598 g/mol. The first-order chi connectivity index (χ1) is 20.4. The maximum Gasteiger partial charge on any atom is 0.413 e. The van der Waals surface area contributed by atoms with Gasteiger partial charge in [0.25, 0.3) is 5.91 Å². The summed E-state index contributed by atoms with van der Waals surface area (Å²) in [5.74, 6) is -3.41. The minimum Gasteiger partial charge on any atom is -0.465 e. The van der Waals surface area contributed by atoms with Crippen LogP contribution in [-0.2, 0) is 23.9 Å². The minimum absolute atomic E-state index is 0.0796. The second kappa shape index (κ2) is 13.1. The van der Waals surface area contributed by atoms with E-state index in [0.29, 0.717) is 18.5 Å². The average Bonchev–Trinajstić information content (AvgIpc) is 3.30. The van der Waals surface area contributed by atoms with Crippen molar-refractivity contribution in [2.24, 2.45) is 28.9 Å².